The van der Waals surface area contributed by atoms with E-state index in [0.29, 0.717) is 27.6 Å². The first kappa shape index (κ1) is 19.9. The number of benzene rings is 3. The van der Waals surface area contributed by atoms with E-state index in [4.69, 9.17) is 16.3 Å². The minimum absolute atomic E-state index is 0.133. The van der Waals surface area contributed by atoms with Crippen molar-refractivity contribution in [2.45, 2.75) is 20.0 Å². The first-order valence-corrected chi connectivity index (χ1v) is 9.34. The Morgan fingerprint density at radius 3 is 2.50 bits per heavy atom. The van der Waals surface area contributed by atoms with Crippen LogP contribution < -0.4 is 10.1 Å². The highest BCUT2D eigenvalue weighted by Gasteiger charge is 2.17. The highest BCUT2D eigenvalue weighted by atomic mass is 35.5. The Balaban J connectivity index is 1.72. The summed E-state index contributed by atoms with van der Waals surface area (Å²) in [6, 6.07) is 19.9. The van der Waals surface area contributed by atoms with Crippen molar-refractivity contribution in [1.29, 1.82) is 0 Å². The third kappa shape index (κ3) is 4.91. The molecule has 3 aromatic rings. The van der Waals surface area contributed by atoms with Gasteiger partial charge in [-0.05, 0) is 60.9 Å². The number of aliphatic hydroxyl groups is 1. The van der Waals surface area contributed by atoms with Crippen LogP contribution in [0.2, 0.25) is 5.02 Å². The smallest absolute Gasteiger partial charge is 0.262 e. The molecule has 144 valence electrons. The van der Waals surface area contributed by atoms with Gasteiger partial charge in [-0.25, -0.2) is 0 Å². The summed E-state index contributed by atoms with van der Waals surface area (Å²) in [5, 5.41) is 14.0. The van der Waals surface area contributed by atoms with Crippen molar-refractivity contribution in [2.75, 3.05) is 11.9 Å². The molecule has 0 radical (unpaired) electrons. The molecule has 1 amide bonds. The van der Waals surface area contributed by atoms with Gasteiger partial charge >= 0.3 is 0 Å². The summed E-state index contributed by atoms with van der Waals surface area (Å²) >= 11 is 6.11. The van der Waals surface area contributed by atoms with E-state index in [1.165, 1.54) is 0 Å². The molecule has 0 aliphatic rings. The average molecular weight is 396 g/mol. The summed E-state index contributed by atoms with van der Waals surface area (Å²) in [5.74, 6) is 0.320. The summed E-state index contributed by atoms with van der Waals surface area (Å²) in [6.07, 6.45) is -0.907. The van der Waals surface area contributed by atoms with E-state index in [1.807, 2.05) is 62.4 Å². The molecular weight excluding hydrogens is 374 g/mol. The summed E-state index contributed by atoms with van der Waals surface area (Å²) in [5.41, 5.74) is 4.00. The minimum atomic E-state index is -0.907. The number of hydrogen-bond donors (Lipinski definition) is 2. The molecule has 0 aromatic heterocycles. The Kier molecular flexibility index (Phi) is 6.34. The number of nitrogens with one attached hydrogen (secondary N) is 1. The molecule has 0 unspecified atom stereocenters. The molecule has 1 atom stereocenters. The van der Waals surface area contributed by atoms with Crippen molar-refractivity contribution in [2.24, 2.45) is 0 Å². The van der Waals surface area contributed by atoms with E-state index in [2.05, 4.69) is 5.32 Å². The van der Waals surface area contributed by atoms with Crippen LogP contribution in [0.3, 0.4) is 0 Å². The zero-order valence-electron chi connectivity index (χ0n) is 15.8. The van der Waals surface area contributed by atoms with Crippen molar-refractivity contribution in [3.63, 3.8) is 0 Å². The number of aryl methyl sites for hydroxylation is 2. The minimum Gasteiger partial charge on any atom is -0.484 e. The number of rotatable bonds is 6. The number of hydrogen-bond acceptors (Lipinski definition) is 3. The second kappa shape index (κ2) is 8.91. The van der Waals surface area contributed by atoms with Crippen LogP contribution >= 0.6 is 11.6 Å². The van der Waals surface area contributed by atoms with Crippen LogP contribution in [0.4, 0.5) is 5.69 Å². The van der Waals surface area contributed by atoms with Crippen LogP contribution in [-0.2, 0) is 4.79 Å². The fraction of sp³-hybridized carbons (Fsp3) is 0.174. The van der Waals surface area contributed by atoms with Gasteiger partial charge in [0.2, 0.25) is 0 Å². The summed E-state index contributed by atoms with van der Waals surface area (Å²) in [6.45, 7) is 3.88. The lowest BCUT2D eigenvalue weighted by Crippen LogP contribution is -2.21. The van der Waals surface area contributed by atoms with Gasteiger partial charge in [-0.3, -0.25) is 4.79 Å². The van der Waals surface area contributed by atoms with E-state index in [1.54, 1.807) is 18.2 Å². The van der Waals surface area contributed by atoms with Crippen LogP contribution in [0.5, 0.6) is 5.75 Å². The quantitative estimate of drug-likeness (QED) is 0.613. The molecule has 0 fully saturated rings. The highest BCUT2D eigenvalue weighted by molar-refractivity contribution is 6.30. The van der Waals surface area contributed by atoms with Crippen molar-refractivity contribution in [3.8, 4) is 5.75 Å². The van der Waals surface area contributed by atoms with Gasteiger partial charge in [0.05, 0.1) is 0 Å². The van der Waals surface area contributed by atoms with Crippen molar-refractivity contribution in [1.82, 2.24) is 0 Å². The first-order chi connectivity index (χ1) is 13.4. The van der Waals surface area contributed by atoms with Crippen molar-refractivity contribution >= 4 is 23.2 Å². The molecule has 3 aromatic carbocycles. The summed E-state index contributed by atoms with van der Waals surface area (Å²) in [4.78, 5) is 12.4. The summed E-state index contributed by atoms with van der Waals surface area (Å²) in [7, 11) is 0. The molecule has 0 aliphatic carbocycles. The number of amides is 1. The average Bonchev–Trinajstić information content (AvgIpc) is 2.70. The molecule has 28 heavy (non-hydrogen) atoms. The third-order valence-corrected chi connectivity index (χ3v) is 4.78. The zero-order chi connectivity index (χ0) is 20.1. The van der Waals surface area contributed by atoms with Crippen molar-refractivity contribution in [3.05, 3.63) is 94.0 Å². The van der Waals surface area contributed by atoms with Crippen molar-refractivity contribution < 1.29 is 14.6 Å². The van der Waals surface area contributed by atoms with Gasteiger partial charge in [-0.15, -0.1) is 0 Å². The number of carbonyl (C=O) groups excluding carboxylic acids is 1. The molecule has 0 spiro atoms. The van der Waals surface area contributed by atoms with E-state index < -0.39 is 6.10 Å². The zero-order valence-corrected chi connectivity index (χ0v) is 16.5. The molecule has 0 bridgehead atoms. The molecular formula is C23H22ClNO3. The maximum absolute atomic E-state index is 12.4. The third-order valence-electron chi connectivity index (χ3n) is 4.55. The number of carbonyl (C=O) groups is 1. The van der Waals surface area contributed by atoms with Gasteiger partial charge in [0, 0.05) is 16.3 Å². The molecule has 5 heteroatoms. The van der Waals surface area contributed by atoms with E-state index in [-0.39, 0.29) is 12.5 Å². The van der Waals surface area contributed by atoms with E-state index in [9.17, 15) is 9.90 Å². The normalized spacial score (nSPS) is 11.7. The fourth-order valence-corrected chi connectivity index (χ4v) is 3.01. The Labute approximate surface area is 169 Å². The predicted octanol–water partition coefficient (Wildman–Crippen LogP) is 5.06. The lowest BCUT2D eigenvalue weighted by atomic mass is 10.00. The molecule has 0 saturated carbocycles. The molecule has 2 N–H and O–H groups in total. The van der Waals surface area contributed by atoms with Gasteiger partial charge in [-0.1, -0.05) is 48.0 Å². The number of halogens is 1. The maximum atomic E-state index is 12.4. The fourth-order valence-electron chi connectivity index (χ4n) is 2.83. The van der Waals surface area contributed by atoms with E-state index >= 15 is 0 Å². The SMILES string of the molecule is Cc1ccc(OCC(=O)Nc2ccc(Cl)cc2[C@H](O)c2ccccc2)cc1C. The largest absolute Gasteiger partial charge is 0.484 e. The lowest BCUT2D eigenvalue weighted by molar-refractivity contribution is -0.118. The number of ether oxygens (including phenoxy) is 1. The Morgan fingerprint density at radius 1 is 1.04 bits per heavy atom. The topological polar surface area (TPSA) is 58.6 Å². The van der Waals surface area contributed by atoms with Crippen LogP contribution in [-0.4, -0.2) is 17.6 Å². The van der Waals surface area contributed by atoms with Gasteiger partial charge in [-0.2, -0.15) is 0 Å². The van der Waals surface area contributed by atoms with Gasteiger partial charge in [0.15, 0.2) is 6.61 Å². The Bertz CT molecular complexity index is 973. The van der Waals surface area contributed by atoms with Gasteiger partial charge in [0.1, 0.15) is 11.9 Å². The van der Waals surface area contributed by atoms with Crippen LogP contribution in [0.15, 0.2) is 66.7 Å². The molecule has 3 rings (SSSR count). The molecule has 4 nitrogen and oxygen atoms in total. The van der Waals surface area contributed by atoms with Gasteiger partial charge in [0.25, 0.3) is 5.91 Å². The predicted molar refractivity (Wildman–Crippen MR) is 112 cm³/mol. The standard InChI is InChI=1S/C23H22ClNO3/c1-15-8-10-19(12-16(15)2)28-14-22(26)25-21-11-9-18(24)13-20(21)23(27)17-6-4-3-5-7-17/h3-13,23,27H,14H2,1-2H3,(H,25,26)/t23-/m1/s1. The highest BCUT2D eigenvalue weighted by Crippen LogP contribution is 2.31. The van der Waals surface area contributed by atoms with Crippen LogP contribution in [0.25, 0.3) is 0 Å². The Hall–Kier alpha value is -2.82. The second-order valence-corrected chi connectivity index (χ2v) is 7.06. The van der Waals surface area contributed by atoms with Gasteiger partial charge < -0.3 is 15.2 Å². The molecule has 0 aliphatic heterocycles. The number of anilines is 1. The Morgan fingerprint density at radius 2 is 1.79 bits per heavy atom. The monoisotopic (exact) mass is 395 g/mol. The molecule has 0 saturated heterocycles. The molecule has 0 heterocycles. The van der Waals surface area contributed by atoms with Crippen LogP contribution in [0, 0.1) is 13.8 Å². The lowest BCUT2D eigenvalue weighted by Gasteiger charge is -2.17. The van der Waals surface area contributed by atoms with Crippen LogP contribution in [0.1, 0.15) is 28.4 Å². The maximum Gasteiger partial charge on any atom is 0.262 e. The first-order valence-electron chi connectivity index (χ1n) is 8.96. The van der Waals surface area contributed by atoms with E-state index in [0.717, 1.165) is 11.1 Å². The second-order valence-electron chi connectivity index (χ2n) is 6.63. The summed E-state index contributed by atoms with van der Waals surface area (Å²) < 4.78 is 5.58. The number of aliphatic hydroxyl groups excluding tert-OH is 1.